The molecule has 0 fully saturated rings. The van der Waals surface area contributed by atoms with Gasteiger partial charge in [0, 0.05) is 17.1 Å². The fraction of sp³-hybridized carbons (Fsp3) is 0.222. The Labute approximate surface area is 145 Å². The number of carbonyl (C=O) groups excluding carboxylic acids is 2. The molecule has 0 spiro atoms. The van der Waals surface area contributed by atoms with Crippen LogP contribution in [-0.4, -0.2) is 24.5 Å². The number of halogens is 1. The van der Waals surface area contributed by atoms with Gasteiger partial charge in [-0.2, -0.15) is 0 Å². The highest BCUT2D eigenvalue weighted by atomic mass is 35.5. The van der Waals surface area contributed by atoms with Gasteiger partial charge in [-0.3, -0.25) is 9.59 Å². The molecule has 0 aliphatic carbocycles. The van der Waals surface area contributed by atoms with Crippen molar-refractivity contribution in [3.05, 3.63) is 58.6 Å². The second-order valence-corrected chi connectivity index (χ2v) is 6.03. The third-order valence-corrected chi connectivity index (χ3v) is 4.00. The van der Waals surface area contributed by atoms with Crippen LogP contribution >= 0.6 is 11.6 Å². The topological polar surface area (TPSA) is 67.4 Å². The van der Waals surface area contributed by atoms with Gasteiger partial charge < -0.3 is 15.4 Å². The molecule has 1 atom stereocenters. The van der Waals surface area contributed by atoms with Crippen LogP contribution in [0.25, 0.3) is 0 Å². The largest absolute Gasteiger partial charge is 0.479 e. The highest BCUT2D eigenvalue weighted by Crippen LogP contribution is 2.30. The van der Waals surface area contributed by atoms with E-state index in [4.69, 9.17) is 16.3 Å². The summed E-state index contributed by atoms with van der Waals surface area (Å²) < 4.78 is 5.47. The molecule has 0 radical (unpaired) electrons. The first-order chi connectivity index (χ1) is 11.5. The van der Waals surface area contributed by atoms with Gasteiger partial charge in [-0.25, -0.2) is 0 Å². The molecular formula is C18H17ClN2O3. The van der Waals surface area contributed by atoms with E-state index in [-0.39, 0.29) is 11.8 Å². The number of hydrogen-bond donors (Lipinski definition) is 2. The second kappa shape index (κ2) is 6.93. The lowest BCUT2D eigenvalue weighted by Crippen LogP contribution is -2.34. The van der Waals surface area contributed by atoms with Gasteiger partial charge in [0.2, 0.25) is 0 Å². The average molecular weight is 345 g/mol. The summed E-state index contributed by atoms with van der Waals surface area (Å²) in [5, 5.41) is 6.27. The second-order valence-electron chi connectivity index (χ2n) is 5.60. The summed E-state index contributed by atoms with van der Waals surface area (Å²) in [5.41, 5.74) is 2.04. The summed E-state index contributed by atoms with van der Waals surface area (Å²) in [4.78, 5) is 23.9. The molecule has 124 valence electrons. The minimum Gasteiger partial charge on any atom is -0.479 e. The smallest absolute Gasteiger partial charge is 0.265 e. The van der Waals surface area contributed by atoms with Gasteiger partial charge in [0.05, 0.1) is 5.69 Å². The molecule has 1 aliphatic heterocycles. The number of amides is 2. The van der Waals surface area contributed by atoms with E-state index in [2.05, 4.69) is 10.6 Å². The average Bonchev–Trinajstić information content (AvgIpc) is 2.55. The van der Waals surface area contributed by atoms with Crippen LogP contribution in [0.4, 0.5) is 5.69 Å². The summed E-state index contributed by atoms with van der Waals surface area (Å²) in [5.74, 6) is 0.145. The van der Waals surface area contributed by atoms with Crippen LogP contribution in [0.15, 0.2) is 42.5 Å². The Bertz CT molecular complexity index is 792. The number of fused-ring (bicyclic) bond motifs is 1. The van der Waals surface area contributed by atoms with E-state index in [1.54, 1.807) is 25.1 Å². The normalized spacial score (nSPS) is 15.9. The van der Waals surface area contributed by atoms with Gasteiger partial charge in [-0.15, -0.1) is 0 Å². The molecule has 2 amide bonds. The number of carbonyl (C=O) groups is 2. The first-order valence-corrected chi connectivity index (χ1v) is 8.05. The van der Waals surface area contributed by atoms with Crippen molar-refractivity contribution in [3.8, 4) is 5.75 Å². The quantitative estimate of drug-likeness (QED) is 0.895. The molecule has 2 aromatic carbocycles. The molecule has 1 heterocycles. The lowest BCUT2D eigenvalue weighted by atomic mass is 10.1. The van der Waals surface area contributed by atoms with Crippen molar-refractivity contribution < 1.29 is 14.3 Å². The number of rotatable bonds is 4. The van der Waals surface area contributed by atoms with E-state index < -0.39 is 6.10 Å². The van der Waals surface area contributed by atoms with Crippen LogP contribution in [0.2, 0.25) is 5.02 Å². The maximum atomic E-state index is 12.2. The summed E-state index contributed by atoms with van der Waals surface area (Å²) >= 11 is 5.94. The molecule has 0 aromatic heterocycles. The van der Waals surface area contributed by atoms with Gasteiger partial charge in [0.15, 0.2) is 6.10 Å². The van der Waals surface area contributed by atoms with Gasteiger partial charge in [-0.05, 0) is 49.2 Å². The summed E-state index contributed by atoms with van der Waals surface area (Å²) in [6, 6.07) is 12.5. The Hall–Kier alpha value is -2.53. The molecule has 1 unspecified atom stereocenters. The van der Waals surface area contributed by atoms with E-state index >= 15 is 0 Å². The van der Waals surface area contributed by atoms with Crippen molar-refractivity contribution in [1.82, 2.24) is 5.32 Å². The Morgan fingerprint density at radius 3 is 2.92 bits per heavy atom. The number of nitrogens with one attached hydrogen (secondary N) is 2. The predicted molar refractivity (Wildman–Crippen MR) is 92.7 cm³/mol. The Morgan fingerprint density at radius 2 is 2.12 bits per heavy atom. The van der Waals surface area contributed by atoms with Gasteiger partial charge in [0.25, 0.3) is 11.8 Å². The maximum absolute atomic E-state index is 12.2. The van der Waals surface area contributed by atoms with Crippen molar-refractivity contribution in [2.24, 2.45) is 0 Å². The molecule has 1 aliphatic rings. The number of anilines is 1. The van der Waals surface area contributed by atoms with Crippen LogP contribution in [0.5, 0.6) is 5.75 Å². The summed E-state index contributed by atoms with van der Waals surface area (Å²) in [7, 11) is 0. The van der Waals surface area contributed by atoms with Crippen LogP contribution in [-0.2, 0) is 11.2 Å². The molecule has 0 saturated carbocycles. The molecule has 5 nitrogen and oxygen atoms in total. The monoisotopic (exact) mass is 344 g/mol. The Kier molecular flexibility index (Phi) is 4.71. The standard InChI is InChI=1S/C18H17ClN2O3/c1-11-17(22)21-15-10-13(5-6-16(15)24-11)18(23)20-8-7-12-3-2-4-14(19)9-12/h2-6,9-11H,7-8H2,1H3,(H,20,23)(H,21,22). The first kappa shape index (κ1) is 16.3. The van der Waals surface area contributed by atoms with Gasteiger partial charge >= 0.3 is 0 Å². The van der Waals surface area contributed by atoms with Crippen LogP contribution in [0, 0.1) is 0 Å². The zero-order valence-corrected chi connectivity index (χ0v) is 13.9. The minimum atomic E-state index is -0.533. The molecular weight excluding hydrogens is 328 g/mol. The SMILES string of the molecule is CC1Oc2ccc(C(=O)NCCc3cccc(Cl)c3)cc2NC1=O. The number of ether oxygens (including phenoxy) is 1. The Morgan fingerprint density at radius 1 is 1.29 bits per heavy atom. The third kappa shape index (κ3) is 3.68. The lowest BCUT2D eigenvalue weighted by molar-refractivity contribution is -0.122. The highest BCUT2D eigenvalue weighted by molar-refractivity contribution is 6.30. The van der Waals surface area contributed by atoms with Crippen molar-refractivity contribution in [3.63, 3.8) is 0 Å². The number of hydrogen-bond acceptors (Lipinski definition) is 3. The van der Waals surface area contributed by atoms with E-state index in [0.717, 1.165) is 5.56 Å². The first-order valence-electron chi connectivity index (χ1n) is 7.67. The lowest BCUT2D eigenvalue weighted by Gasteiger charge is -2.23. The van der Waals surface area contributed by atoms with E-state index in [9.17, 15) is 9.59 Å². The molecule has 0 bridgehead atoms. The zero-order valence-electron chi connectivity index (χ0n) is 13.1. The highest BCUT2D eigenvalue weighted by Gasteiger charge is 2.24. The van der Waals surface area contributed by atoms with Crippen molar-refractivity contribution >= 4 is 29.1 Å². The zero-order chi connectivity index (χ0) is 17.1. The van der Waals surface area contributed by atoms with Crippen LogP contribution < -0.4 is 15.4 Å². The van der Waals surface area contributed by atoms with Crippen molar-refractivity contribution in [2.75, 3.05) is 11.9 Å². The molecule has 3 rings (SSSR count). The summed E-state index contributed by atoms with van der Waals surface area (Å²) in [6.45, 7) is 2.17. The molecule has 2 N–H and O–H groups in total. The number of benzene rings is 2. The van der Waals surface area contributed by atoms with Crippen molar-refractivity contribution in [2.45, 2.75) is 19.4 Å². The molecule has 6 heteroatoms. The van der Waals surface area contributed by atoms with Crippen LogP contribution in [0.3, 0.4) is 0 Å². The van der Waals surface area contributed by atoms with Crippen molar-refractivity contribution in [1.29, 1.82) is 0 Å². The van der Waals surface area contributed by atoms with E-state index in [0.29, 0.717) is 35.0 Å². The molecule has 0 saturated heterocycles. The summed E-state index contributed by atoms with van der Waals surface area (Å²) in [6.07, 6.45) is 0.157. The molecule has 2 aromatic rings. The third-order valence-electron chi connectivity index (χ3n) is 3.76. The van der Waals surface area contributed by atoms with Gasteiger partial charge in [-0.1, -0.05) is 23.7 Å². The van der Waals surface area contributed by atoms with E-state index in [1.807, 2.05) is 24.3 Å². The fourth-order valence-electron chi connectivity index (χ4n) is 2.46. The fourth-order valence-corrected chi connectivity index (χ4v) is 2.68. The van der Waals surface area contributed by atoms with Gasteiger partial charge in [0.1, 0.15) is 5.75 Å². The Balaban J connectivity index is 1.61. The predicted octanol–water partition coefficient (Wildman–Crippen LogP) is 3.03. The minimum absolute atomic E-state index is 0.201. The molecule has 24 heavy (non-hydrogen) atoms. The maximum Gasteiger partial charge on any atom is 0.265 e. The van der Waals surface area contributed by atoms with Crippen LogP contribution in [0.1, 0.15) is 22.8 Å². The van der Waals surface area contributed by atoms with E-state index in [1.165, 1.54) is 0 Å².